The van der Waals surface area contributed by atoms with Gasteiger partial charge in [-0.05, 0) is 0 Å². The van der Waals surface area contributed by atoms with Gasteiger partial charge in [0.25, 0.3) is 0 Å². The van der Waals surface area contributed by atoms with Gasteiger partial charge in [0.05, 0.1) is 0 Å². The molecule has 12 N–H and O–H groups in total. The summed E-state index contributed by atoms with van der Waals surface area (Å²) in [5.74, 6) is 0. The Hall–Kier alpha value is 0.192. The monoisotopic (exact) mass is 255 g/mol. The van der Waals surface area contributed by atoms with Gasteiger partial charge in [-0.15, -0.1) is 10.1 Å². The zero-order valence-corrected chi connectivity index (χ0v) is 7.10. The second-order valence-electron chi connectivity index (χ2n) is 0.0745. The topological polar surface area (TPSA) is 189 Å². The van der Waals surface area contributed by atoms with Crippen LogP contribution in [0.4, 0.5) is 0 Å². The molecule has 9 heteroatoms. The van der Waals surface area contributed by atoms with Crippen molar-refractivity contribution in [2.24, 2.45) is 5.34 Å². The van der Waals surface area contributed by atoms with E-state index < -0.39 is 0 Å². The van der Waals surface area contributed by atoms with Crippen LogP contribution in [0.5, 0.6) is 0 Å². The molecule has 67 valence electrons. The first-order valence-electron chi connectivity index (χ1n) is 0.365. The summed E-state index contributed by atoms with van der Waals surface area (Å²) in [6, 6.07) is 0. The molecule has 0 aromatic rings. The largest absolute Gasteiger partial charge is 1.00 e. The Morgan fingerprint density at radius 2 is 0.889 bits per heavy atom. The minimum atomic E-state index is 0. The van der Waals surface area contributed by atoms with Gasteiger partial charge in [0.15, 0.2) is 0 Å². The molecule has 7 nitrogen and oxygen atoms in total. The maximum absolute atomic E-state index is 8.00. The molecule has 0 unspecified atom stereocenters. The van der Waals surface area contributed by atoms with Crippen molar-refractivity contribution in [1.29, 1.82) is 0 Å². The van der Waals surface area contributed by atoms with E-state index in [-0.39, 0.29) is 57.4 Å². The Labute approximate surface area is 73.3 Å². The predicted octanol–water partition coefficient (Wildman–Crippen LogP) is -2.25. The van der Waals surface area contributed by atoms with Crippen LogP contribution in [0.2, 0.25) is 0 Å². The molecule has 0 aliphatic rings. The van der Waals surface area contributed by atoms with E-state index >= 15 is 0 Å². The van der Waals surface area contributed by atoms with Crippen LogP contribution in [0.1, 0.15) is 0 Å². The molecule has 0 fully saturated rings. The Morgan fingerprint density at radius 1 is 0.889 bits per heavy atom. The summed E-state index contributed by atoms with van der Waals surface area (Å²) in [5.41, 5.74) is 0. The van der Waals surface area contributed by atoms with Crippen LogP contribution in [0, 0.1) is 4.91 Å². The molecule has 0 rings (SSSR count). The van der Waals surface area contributed by atoms with Crippen molar-refractivity contribution in [1.82, 2.24) is 24.6 Å². The zero-order chi connectivity index (χ0) is 2.71. The van der Waals surface area contributed by atoms with Crippen molar-refractivity contribution in [2.75, 3.05) is 0 Å². The molecule has 0 saturated heterocycles. The molecule has 0 aromatic heterocycles. The summed E-state index contributed by atoms with van der Waals surface area (Å²) < 4.78 is 0. The van der Waals surface area contributed by atoms with Gasteiger partial charge >= 0.3 is 0 Å². The molecule has 0 atom stereocenters. The molecule has 0 aromatic carbocycles. The third-order valence-electron chi connectivity index (χ3n) is 0. The maximum Gasteiger partial charge on any atom is 0.204 e. The van der Waals surface area contributed by atoms with Crippen LogP contribution in [0.3, 0.4) is 0 Å². The van der Waals surface area contributed by atoms with Gasteiger partial charge in [-0.25, -0.2) is 0 Å². The number of nitrogens with zero attached hydrogens (tertiary/aromatic N) is 1. The number of hydrogen-bond donors (Lipinski definition) is 4. The molecule has 0 aliphatic heterocycles. The molecule has 0 saturated carbocycles. The molecular formula is H12ClN5O2Pd-. The molecule has 9 heavy (non-hydrogen) atoms. The van der Waals surface area contributed by atoms with Gasteiger partial charge in [0.1, 0.15) is 0 Å². The predicted molar refractivity (Wildman–Crippen MR) is 26.6 cm³/mol. The van der Waals surface area contributed by atoms with Crippen LogP contribution in [-0.2, 0) is 25.6 Å². The van der Waals surface area contributed by atoms with Crippen molar-refractivity contribution < 1.29 is 38.0 Å². The van der Waals surface area contributed by atoms with Gasteiger partial charge < -0.3 is 37.0 Å². The Balaban J connectivity index is -0.00000000133. The number of rotatable bonds is 0. The van der Waals surface area contributed by atoms with Crippen LogP contribution in [0.15, 0.2) is 5.34 Å². The Kier molecular flexibility index (Phi) is 4250. The van der Waals surface area contributed by atoms with Crippen molar-refractivity contribution in [3.8, 4) is 0 Å². The number of halogens is 1. The summed E-state index contributed by atoms with van der Waals surface area (Å²) in [6.45, 7) is 0. The average molecular weight is 256 g/mol. The maximum atomic E-state index is 8.00. The van der Waals surface area contributed by atoms with Gasteiger partial charge in [0, 0.05) is 20.4 Å². The first kappa shape index (κ1) is 128. The minimum absolute atomic E-state index is 0. The Bertz CT molecular complexity index is 22.4. The fraction of sp³-hybridized carbons (Fsp3) is 0. The third-order valence-corrected chi connectivity index (χ3v) is 0. The smallest absolute Gasteiger partial charge is 0.204 e. The van der Waals surface area contributed by atoms with E-state index in [4.69, 9.17) is 10.1 Å². The van der Waals surface area contributed by atoms with E-state index in [2.05, 4.69) is 0 Å². The van der Waals surface area contributed by atoms with Gasteiger partial charge in [0.2, 0.25) is 5.34 Å². The van der Waals surface area contributed by atoms with Crippen molar-refractivity contribution in [2.45, 2.75) is 0 Å². The van der Waals surface area contributed by atoms with E-state index in [1.54, 1.807) is 0 Å². The summed E-state index contributed by atoms with van der Waals surface area (Å²) in [6.07, 6.45) is 0. The van der Waals surface area contributed by atoms with Gasteiger partial charge in [-0.1, -0.05) is 0 Å². The summed E-state index contributed by atoms with van der Waals surface area (Å²) in [4.78, 5) is 8.00. The molecule has 0 amide bonds. The second kappa shape index (κ2) is 298. The normalized spacial score (nSPS) is 1.33. The standard InChI is InChI=1S/ClH.NO2.4H3N.Pd/c;2-1-3;;;;;/h1H;;4*1H3;/p-1. The fourth-order valence-corrected chi connectivity index (χ4v) is 0. The molecule has 1 radical (unpaired) electrons. The van der Waals surface area contributed by atoms with E-state index in [1.807, 2.05) is 0 Å². The van der Waals surface area contributed by atoms with Crippen molar-refractivity contribution >= 4 is 0 Å². The molecule has 0 aliphatic carbocycles. The van der Waals surface area contributed by atoms with Crippen LogP contribution in [-0.4, -0.2) is 0 Å². The minimum Gasteiger partial charge on any atom is -1.00 e. The van der Waals surface area contributed by atoms with Crippen LogP contribution < -0.4 is 37.0 Å². The average Bonchev–Trinajstić information content (AvgIpc) is 0.918. The SMILES string of the molecule is N.N.N.N.[Cl-].[O]N=O.[Pd]. The van der Waals surface area contributed by atoms with E-state index in [1.165, 1.54) is 0 Å². The third kappa shape index (κ3) is 8490. The second-order valence-corrected chi connectivity index (χ2v) is 0.0745. The molecule has 0 spiro atoms. The summed E-state index contributed by atoms with van der Waals surface area (Å²) in [5, 5.41) is 9.00. The summed E-state index contributed by atoms with van der Waals surface area (Å²) in [7, 11) is 0. The van der Waals surface area contributed by atoms with Crippen LogP contribution >= 0.6 is 0 Å². The van der Waals surface area contributed by atoms with Crippen LogP contribution in [0.25, 0.3) is 0 Å². The van der Waals surface area contributed by atoms with E-state index in [0.29, 0.717) is 0 Å². The molecule has 0 heterocycles. The van der Waals surface area contributed by atoms with E-state index in [9.17, 15) is 0 Å². The Morgan fingerprint density at radius 3 is 0.889 bits per heavy atom. The first-order chi connectivity index (χ1) is 1.41. The van der Waals surface area contributed by atoms with E-state index in [0.717, 1.165) is 5.34 Å². The first-order valence-corrected chi connectivity index (χ1v) is 0.365. The zero-order valence-electron chi connectivity index (χ0n) is 4.79. The van der Waals surface area contributed by atoms with Crippen molar-refractivity contribution in [3.05, 3.63) is 4.91 Å². The van der Waals surface area contributed by atoms with Gasteiger partial charge in [-0.2, -0.15) is 0 Å². The molecule has 0 bridgehead atoms. The fourth-order valence-electron chi connectivity index (χ4n) is 0. The molecular weight excluding hydrogens is 244 g/mol. The number of hydrogen-bond acceptors (Lipinski definition) is 6. The van der Waals surface area contributed by atoms with Crippen molar-refractivity contribution in [3.63, 3.8) is 0 Å². The summed E-state index contributed by atoms with van der Waals surface area (Å²) >= 11 is 0. The quantitative estimate of drug-likeness (QED) is 0.216. The van der Waals surface area contributed by atoms with Gasteiger partial charge in [-0.3, -0.25) is 0 Å².